The molecule has 5 nitrogen and oxygen atoms in total. The van der Waals surface area contributed by atoms with Crippen molar-refractivity contribution in [2.75, 3.05) is 13.1 Å². The molecular formula is C18H17F3N2O3S. The molecule has 27 heavy (non-hydrogen) atoms. The standard InChI is InChI=1S/C18H17F3N2O3S/c1-13-2-4-14(5-3-13)8-9-27(24,25)23-11-16(12-23)26-17-7-6-15(10-22-17)18(19,20)21/h2-10,16H,11-12H2,1H3/b9-8+. The van der Waals surface area contributed by atoms with Crippen LogP contribution in [0, 0.1) is 6.92 Å². The molecule has 0 atom stereocenters. The van der Waals surface area contributed by atoms with Crippen molar-refractivity contribution in [2.45, 2.75) is 19.2 Å². The molecule has 1 saturated heterocycles. The number of ether oxygens (including phenoxy) is 1. The second kappa shape index (κ2) is 7.32. The van der Waals surface area contributed by atoms with Gasteiger partial charge in [0.1, 0.15) is 6.10 Å². The Morgan fingerprint density at radius 2 is 1.81 bits per heavy atom. The zero-order valence-electron chi connectivity index (χ0n) is 14.3. The molecule has 0 aliphatic carbocycles. The van der Waals surface area contributed by atoms with Gasteiger partial charge in [0.05, 0.1) is 18.7 Å². The number of alkyl halides is 3. The highest BCUT2D eigenvalue weighted by Crippen LogP contribution is 2.29. The first kappa shape index (κ1) is 19.4. The Bertz CT molecular complexity index is 918. The van der Waals surface area contributed by atoms with Crippen LogP contribution < -0.4 is 4.74 Å². The van der Waals surface area contributed by atoms with Gasteiger partial charge in [-0.2, -0.15) is 17.5 Å². The molecule has 0 unspecified atom stereocenters. The number of sulfonamides is 1. The second-order valence-corrected chi connectivity index (χ2v) is 8.02. The van der Waals surface area contributed by atoms with Gasteiger partial charge in [0, 0.05) is 17.7 Å². The fourth-order valence-corrected chi connectivity index (χ4v) is 3.65. The molecule has 1 aromatic carbocycles. The lowest BCUT2D eigenvalue weighted by atomic mass is 10.2. The molecule has 0 bridgehead atoms. The number of nitrogens with zero attached hydrogens (tertiary/aromatic N) is 2. The van der Waals surface area contributed by atoms with Gasteiger partial charge < -0.3 is 4.74 Å². The maximum absolute atomic E-state index is 12.5. The van der Waals surface area contributed by atoms with Crippen LogP contribution in [0.25, 0.3) is 6.08 Å². The minimum atomic E-state index is -4.46. The number of hydrogen-bond donors (Lipinski definition) is 0. The van der Waals surface area contributed by atoms with Crippen molar-refractivity contribution in [1.82, 2.24) is 9.29 Å². The Morgan fingerprint density at radius 3 is 2.37 bits per heavy atom. The van der Waals surface area contributed by atoms with Crippen LogP contribution in [0.1, 0.15) is 16.7 Å². The minimum Gasteiger partial charge on any atom is -0.472 e. The summed E-state index contributed by atoms with van der Waals surface area (Å²) in [6, 6.07) is 9.41. The normalized spacial score (nSPS) is 16.4. The molecule has 0 saturated carbocycles. The highest BCUT2D eigenvalue weighted by Gasteiger charge is 2.36. The molecule has 1 aromatic heterocycles. The predicted octanol–water partition coefficient (Wildman–Crippen LogP) is 3.47. The van der Waals surface area contributed by atoms with Crippen molar-refractivity contribution < 1.29 is 26.3 Å². The molecule has 0 spiro atoms. The van der Waals surface area contributed by atoms with E-state index in [2.05, 4.69) is 4.98 Å². The van der Waals surface area contributed by atoms with Crippen molar-refractivity contribution in [3.05, 3.63) is 64.7 Å². The number of rotatable bonds is 5. The fraction of sp³-hybridized carbons (Fsp3) is 0.278. The van der Waals surface area contributed by atoms with Crippen LogP contribution in [0.5, 0.6) is 5.88 Å². The van der Waals surface area contributed by atoms with Crippen molar-refractivity contribution in [2.24, 2.45) is 0 Å². The molecule has 2 aromatic rings. The van der Waals surface area contributed by atoms with Crippen LogP contribution >= 0.6 is 0 Å². The van der Waals surface area contributed by atoms with Gasteiger partial charge in [0.25, 0.3) is 0 Å². The zero-order chi connectivity index (χ0) is 19.7. The number of halogens is 3. The molecule has 144 valence electrons. The van der Waals surface area contributed by atoms with Crippen LogP contribution in [0.15, 0.2) is 48.0 Å². The first-order valence-electron chi connectivity index (χ1n) is 8.08. The van der Waals surface area contributed by atoms with E-state index in [-0.39, 0.29) is 19.0 Å². The van der Waals surface area contributed by atoms with Crippen molar-refractivity contribution >= 4 is 16.1 Å². The lowest BCUT2D eigenvalue weighted by molar-refractivity contribution is -0.137. The van der Waals surface area contributed by atoms with E-state index in [0.717, 1.165) is 28.7 Å². The number of aryl methyl sites for hydroxylation is 1. The van der Waals surface area contributed by atoms with Gasteiger partial charge in [-0.25, -0.2) is 13.4 Å². The fourth-order valence-electron chi connectivity index (χ4n) is 2.40. The Labute approximate surface area is 155 Å². The number of hydrogen-bond acceptors (Lipinski definition) is 4. The van der Waals surface area contributed by atoms with E-state index in [4.69, 9.17) is 4.74 Å². The number of pyridine rings is 1. The van der Waals surface area contributed by atoms with E-state index in [0.29, 0.717) is 6.20 Å². The molecule has 2 heterocycles. The summed E-state index contributed by atoms with van der Waals surface area (Å²) < 4.78 is 68.6. The van der Waals surface area contributed by atoms with E-state index in [1.807, 2.05) is 31.2 Å². The monoisotopic (exact) mass is 398 g/mol. The molecule has 0 amide bonds. The SMILES string of the molecule is Cc1ccc(/C=C/S(=O)(=O)N2CC(Oc3ccc(C(F)(F)F)cn3)C2)cc1. The average molecular weight is 398 g/mol. The van der Waals surface area contributed by atoms with Crippen molar-refractivity contribution in [3.63, 3.8) is 0 Å². The zero-order valence-corrected chi connectivity index (χ0v) is 15.2. The first-order chi connectivity index (χ1) is 12.6. The van der Waals surface area contributed by atoms with Gasteiger partial charge in [0.2, 0.25) is 15.9 Å². The molecule has 0 radical (unpaired) electrons. The van der Waals surface area contributed by atoms with Crippen molar-refractivity contribution in [3.8, 4) is 5.88 Å². The van der Waals surface area contributed by atoms with E-state index < -0.39 is 27.9 Å². The van der Waals surface area contributed by atoms with Crippen molar-refractivity contribution in [1.29, 1.82) is 0 Å². The maximum atomic E-state index is 12.5. The van der Waals surface area contributed by atoms with Crippen LogP contribution in [-0.2, 0) is 16.2 Å². The quantitative estimate of drug-likeness (QED) is 0.774. The average Bonchev–Trinajstić information content (AvgIpc) is 2.57. The predicted molar refractivity (Wildman–Crippen MR) is 94.4 cm³/mol. The molecule has 0 N–H and O–H groups in total. The number of benzene rings is 1. The highest BCUT2D eigenvalue weighted by atomic mass is 32.2. The van der Waals surface area contributed by atoms with Gasteiger partial charge in [-0.15, -0.1) is 0 Å². The summed E-state index contributed by atoms with van der Waals surface area (Å²) in [5.41, 5.74) is 0.981. The largest absolute Gasteiger partial charge is 0.472 e. The molecule has 1 aliphatic heterocycles. The Kier molecular flexibility index (Phi) is 5.25. The molecular weight excluding hydrogens is 381 g/mol. The van der Waals surface area contributed by atoms with Gasteiger partial charge in [-0.1, -0.05) is 29.8 Å². The Hall–Kier alpha value is -2.39. The van der Waals surface area contributed by atoms with Crippen LogP contribution in [0.2, 0.25) is 0 Å². The second-order valence-electron chi connectivity index (χ2n) is 6.20. The topological polar surface area (TPSA) is 59.5 Å². The van der Waals surface area contributed by atoms with Crippen LogP contribution in [-0.4, -0.2) is 36.9 Å². The maximum Gasteiger partial charge on any atom is 0.417 e. The van der Waals surface area contributed by atoms with Gasteiger partial charge in [-0.05, 0) is 24.6 Å². The lowest BCUT2D eigenvalue weighted by Gasteiger charge is -2.36. The number of aromatic nitrogens is 1. The van der Waals surface area contributed by atoms with E-state index in [1.165, 1.54) is 10.4 Å². The van der Waals surface area contributed by atoms with E-state index >= 15 is 0 Å². The summed E-state index contributed by atoms with van der Waals surface area (Å²) >= 11 is 0. The van der Waals surface area contributed by atoms with E-state index in [9.17, 15) is 21.6 Å². The summed E-state index contributed by atoms with van der Waals surface area (Å²) in [7, 11) is -3.58. The van der Waals surface area contributed by atoms with Gasteiger partial charge in [-0.3, -0.25) is 0 Å². The third kappa shape index (κ3) is 4.86. The smallest absolute Gasteiger partial charge is 0.417 e. The van der Waals surface area contributed by atoms with Gasteiger partial charge >= 0.3 is 6.18 Å². The minimum absolute atomic E-state index is 0.0280. The van der Waals surface area contributed by atoms with E-state index in [1.54, 1.807) is 0 Å². The third-order valence-corrected chi connectivity index (χ3v) is 5.53. The third-order valence-electron chi connectivity index (χ3n) is 4.04. The molecule has 9 heteroatoms. The van der Waals surface area contributed by atoms with Gasteiger partial charge in [0.15, 0.2) is 0 Å². The van der Waals surface area contributed by atoms with Crippen LogP contribution in [0.3, 0.4) is 0 Å². The molecule has 1 fully saturated rings. The Morgan fingerprint density at radius 1 is 1.15 bits per heavy atom. The first-order valence-corrected chi connectivity index (χ1v) is 9.59. The lowest BCUT2D eigenvalue weighted by Crippen LogP contribution is -2.55. The Balaban J connectivity index is 1.54. The highest BCUT2D eigenvalue weighted by molar-refractivity contribution is 7.92. The summed E-state index contributed by atoms with van der Waals surface area (Å²) in [4.78, 5) is 3.61. The summed E-state index contributed by atoms with van der Waals surface area (Å²) in [5, 5.41) is 1.13. The summed E-state index contributed by atoms with van der Waals surface area (Å²) in [5.74, 6) is 0.0280. The summed E-state index contributed by atoms with van der Waals surface area (Å²) in [6.07, 6.45) is -2.71. The summed E-state index contributed by atoms with van der Waals surface area (Å²) in [6.45, 7) is 2.17. The molecule has 3 rings (SSSR count). The van der Waals surface area contributed by atoms with Crippen LogP contribution in [0.4, 0.5) is 13.2 Å². The molecule has 1 aliphatic rings.